The predicted octanol–water partition coefficient (Wildman–Crippen LogP) is 4.07. The Labute approximate surface area is 116 Å². The van der Waals surface area contributed by atoms with Crippen LogP contribution in [-0.2, 0) is 0 Å². The molecule has 0 saturated carbocycles. The summed E-state index contributed by atoms with van der Waals surface area (Å²) in [6, 6.07) is 6.36. The highest BCUT2D eigenvalue weighted by molar-refractivity contribution is 9.10. The lowest BCUT2D eigenvalue weighted by Crippen LogP contribution is -2.06. The molecule has 0 bridgehead atoms. The molecule has 0 amide bonds. The van der Waals surface area contributed by atoms with Crippen LogP contribution < -0.4 is 5.32 Å². The van der Waals surface area contributed by atoms with E-state index in [1.54, 1.807) is 0 Å². The van der Waals surface area contributed by atoms with Crippen LogP contribution in [0.4, 0.5) is 5.95 Å². The standard InChI is InChI=1S/C14H18BrN3/c1-4-5-16-14-17-11(3)9-18(14)13-7-10(2)6-12(15)8-13/h6-9H,4-5H2,1-3H3,(H,16,17). The number of hydrogen-bond acceptors (Lipinski definition) is 2. The fourth-order valence-electron chi connectivity index (χ4n) is 1.91. The lowest BCUT2D eigenvalue weighted by atomic mass is 10.2. The van der Waals surface area contributed by atoms with E-state index in [1.807, 2.05) is 6.92 Å². The van der Waals surface area contributed by atoms with Gasteiger partial charge in [0.2, 0.25) is 5.95 Å². The molecule has 4 heteroatoms. The van der Waals surface area contributed by atoms with Crippen molar-refractivity contribution >= 4 is 21.9 Å². The summed E-state index contributed by atoms with van der Waals surface area (Å²) in [5.41, 5.74) is 3.37. The second-order valence-corrected chi connectivity index (χ2v) is 5.41. The Morgan fingerprint density at radius 1 is 1.28 bits per heavy atom. The van der Waals surface area contributed by atoms with E-state index in [0.717, 1.165) is 34.8 Å². The molecular formula is C14H18BrN3. The second kappa shape index (κ2) is 5.57. The molecule has 1 heterocycles. The Kier molecular flexibility index (Phi) is 4.07. The van der Waals surface area contributed by atoms with Gasteiger partial charge in [0.05, 0.1) is 5.69 Å². The Bertz CT molecular complexity index is 526. The van der Waals surface area contributed by atoms with Crippen LogP contribution in [0.1, 0.15) is 24.6 Å². The van der Waals surface area contributed by atoms with Crippen molar-refractivity contribution in [2.24, 2.45) is 0 Å². The minimum Gasteiger partial charge on any atom is -0.355 e. The topological polar surface area (TPSA) is 29.9 Å². The molecule has 1 aromatic carbocycles. The molecule has 0 atom stereocenters. The van der Waals surface area contributed by atoms with Gasteiger partial charge < -0.3 is 5.32 Å². The number of imidazole rings is 1. The summed E-state index contributed by atoms with van der Waals surface area (Å²) < 4.78 is 3.19. The number of rotatable bonds is 4. The summed E-state index contributed by atoms with van der Waals surface area (Å²) >= 11 is 3.54. The van der Waals surface area contributed by atoms with E-state index >= 15 is 0 Å². The lowest BCUT2D eigenvalue weighted by molar-refractivity contribution is 0.936. The molecule has 0 spiro atoms. The highest BCUT2D eigenvalue weighted by atomic mass is 79.9. The van der Waals surface area contributed by atoms with Gasteiger partial charge in [-0.2, -0.15) is 0 Å². The third kappa shape index (κ3) is 2.93. The van der Waals surface area contributed by atoms with E-state index in [2.05, 4.69) is 69.0 Å². The zero-order chi connectivity index (χ0) is 13.1. The van der Waals surface area contributed by atoms with Gasteiger partial charge in [0, 0.05) is 22.9 Å². The molecule has 0 aliphatic rings. The summed E-state index contributed by atoms with van der Waals surface area (Å²) in [6.07, 6.45) is 3.14. The summed E-state index contributed by atoms with van der Waals surface area (Å²) in [5.74, 6) is 0.909. The highest BCUT2D eigenvalue weighted by Crippen LogP contribution is 2.22. The largest absolute Gasteiger partial charge is 0.355 e. The smallest absolute Gasteiger partial charge is 0.207 e. The van der Waals surface area contributed by atoms with Crippen LogP contribution in [0.3, 0.4) is 0 Å². The predicted molar refractivity (Wildman–Crippen MR) is 79.5 cm³/mol. The van der Waals surface area contributed by atoms with Gasteiger partial charge in [0.25, 0.3) is 0 Å². The van der Waals surface area contributed by atoms with Crippen molar-refractivity contribution in [2.75, 3.05) is 11.9 Å². The van der Waals surface area contributed by atoms with Gasteiger partial charge in [0.15, 0.2) is 0 Å². The molecule has 1 aromatic heterocycles. The zero-order valence-corrected chi connectivity index (χ0v) is 12.6. The van der Waals surface area contributed by atoms with Crippen molar-refractivity contribution in [1.29, 1.82) is 0 Å². The maximum Gasteiger partial charge on any atom is 0.207 e. The van der Waals surface area contributed by atoms with Gasteiger partial charge in [-0.15, -0.1) is 0 Å². The maximum atomic E-state index is 4.52. The average molecular weight is 308 g/mol. The van der Waals surface area contributed by atoms with Crippen LogP contribution in [0.2, 0.25) is 0 Å². The number of hydrogen-bond donors (Lipinski definition) is 1. The van der Waals surface area contributed by atoms with Crippen molar-refractivity contribution in [3.8, 4) is 5.69 Å². The number of nitrogens with zero attached hydrogens (tertiary/aromatic N) is 2. The number of aromatic nitrogens is 2. The van der Waals surface area contributed by atoms with Crippen molar-refractivity contribution < 1.29 is 0 Å². The molecule has 0 saturated heterocycles. The maximum absolute atomic E-state index is 4.52. The van der Waals surface area contributed by atoms with E-state index in [-0.39, 0.29) is 0 Å². The second-order valence-electron chi connectivity index (χ2n) is 4.49. The summed E-state index contributed by atoms with van der Waals surface area (Å²) in [6.45, 7) is 7.19. The summed E-state index contributed by atoms with van der Waals surface area (Å²) in [4.78, 5) is 4.52. The molecule has 18 heavy (non-hydrogen) atoms. The van der Waals surface area contributed by atoms with Gasteiger partial charge in [-0.05, 0) is 44.0 Å². The van der Waals surface area contributed by atoms with E-state index in [4.69, 9.17) is 0 Å². The van der Waals surface area contributed by atoms with E-state index in [9.17, 15) is 0 Å². The molecule has 0 radical (unpaired) electrons. The van der Waals surface area contributed by atoms with Gasteiger partial charge >= 0.3 is 0 Å². The monoisotopic (exact) mass is 307 g/mol. The minimum absolute atomic E-state index is 0.909. The van der Waals surface area contributed by atoms with Crippen molar-refractivity contribution in [3.63, 3.8) is 0 Å². The normalized spacial score (nSPS) is 10.7. The number of anilines is 1. The quantitative estimate of drug-likeness (QED) is 0.922. The van der Waals surface area contributed by atoms with Crippen LogP contribution in [0.15, 0.2) is 28.9 Å². The fourth-order valence-corrected chi connectivity index (χ4v) is 2.51. The Morgan fingerprint density at radius 2 is 2.06 bits per heavy atom. The molecule has 3 nitrogen and oxygen atoms in total. The van der Waals surface area contributed by atoms with Gasteiger partial charge in [-0.3, -0.25) is 4.57 Å². The SMILES string of the molecule is CCCNc1nc(C)cn1-c1cc(C)cc(Br)c1. The van der Waals surface area contributed by atoms with Gasteiger partial charge in [0.1, 0.15) is 0 Å². The van der Waals surface area contributed by atoms with Gasteiger partial charge in [-0.1, -0.05) is 22.9 Å². The number of aryl methyl sites for hydroxylation is 2. The Morgan fingerprint density at radius 3 is 2.72 bits per heavy atom. The van der Waals surface area contributed by atoms with E-state index in [0.29, 0.717) is 0 Å². The molecule has 0 unspecified atom stereocenters. The third-order valence-corrected chi connectivity index (χ3v) is 3.12. The van der Waals surface area contributed by atoms with Gasteiger partial charge in [-0.25, -0.2) is 4.98 Å². The van der Waals surface area contributed by atoms with Crippen LogP contribution >= 0.6 is 15.9 Å². The molecule has 2 rings (SSSR count). The number of halogens is 1. The van der Waals surface area contributed by atoms with Crippen LogP contribution in [0.5, 0.6) is 0 Å². The van der Waals surface area contributed by atoms with E-state index < -0.39 is 0 Å². The van der Waals surface area contributed by atoms with Crippen LogP contribution in [0.25, 0.3) is 5.69 Å². The first-order chi connectivity index (χ1) is 8.60. The summed E-state index contributed by atoms with van der Waals surface area (Å²) in [5, 5.41) is 3.36. The molecule has 0 fully saturated rings. The highest BCUT2D eigenvalue weighted by Gasteiger charge is 2.07. The van der Waals surface area contributed by atoms with Crippen molar-refractivity contribution in [3.05, 3.63) is 40.1 Å². The van der Waals surface area contributed by atoms with Crippen molar-refractivity contribution in [2.45, 2.75) is 27.2 Å². The number of nitrogens with one attached hydrogen (secondary N) is 1. The molecule has 2 aromatic rings. The summed E-state index contributed by atoms with van der Waals surface area (Å²) in [7, 11) is 0. The van der Waals surface area contributed by atoms with Crippen molar-refractivity contribution in [1.82, 2.24) is 9.55 Å². The molecular weight excluding hydrogens is 290 g/mol. The average Bonchev–Trinajstić information content (AvgIpc) is 2.66. The lowest BCUT2D eigenvalue weighted by Gasteiger charge is -2.10. The number of benzene rings is 1. The first kappa shape index (κ1) is 13.1. The third-order valence-electron chi connectivity index (χ3n) is 2.66. The van der Waals surface area contributed by atoms with Crippen LogP contribution in [-0.4, -0.2) is 16.1 Å². The first-order valence-corrected chi connectivity index (χ1v) is 6.97. The Balaban J connectivity index is 2.42. The Hall–Kier alpha value is -1.29. The first-order valence-electron chi connectivity index (χ1n) is 6.17. The zero-order valence-electron chi connectivity index (χ0n) is 11.0. The molecule has 0 aliphatic carbocycles. The van der Waals surface area contributed by atoms with E-state index in [1.165, 1.54) is 5.56 Å². The van der Waals surface area contributed by atoms with Crippen LogP contribution in [0, 0.1) is 13.8 Å². The molecule has 96 valence electrons. The molecule has 1 N–H and O–H groups in total. The fraction of sp³-hybridized carbons (Fsp3) is 0.357. The molecule has 0 aliphatic heterocycles. The minimum atomic E-state index is 0.909.